The zero-order valence-corrected chi connectivity index (χ0v) is 9.54. The number of carbonyl (C=O) groups is 2. The average molecular weight is 214 g/mol. The highest BCUT2D eigenvalue weighted by Crippen LogP contribution is 2.32. The normalized spacial score (nSPS) is 32.1. The zero-order valence-electron chi connectivity index (χ0n) is 9.54. The summed E-state index contributed by atoms with van der Waals surface area (Å²) in [6.45, 7) is 4.46. The minimum atomic E-state index is -0.849. The molecule has 15 heavy (non-hydrogen) atoms. The van der Waals surface area contributed by atoms with Gasteiger partial charge in [0.2, 0.25) is 0 Å². The maximum Gasteiger partial charge on any atom is 0.172 e. The minimum absolute atomic E-state index is 0.00326. The Balaban J connectivity index is 2.85. The summed E-state index contributed by atoms with van der Waals surface area (Å²) in [7, 11) is 1.57. The van der Waals surface area contributed by atoms with Gasteiger partial charge >= 0.3 is 0 Å². The van der Waals surface area contributed by atoms with Crippen molar-refractivity contribution in [1.29, 1.82) is 0 Å². The molecule has 0 heterocycles. The van der Waals surface area contributed by atoms with E-state index in [1.54, 1.807) is 14.0 Å². The first-order valence-corrected chi connectivity index (χ1v) is 5.22. The van der Waals surface area contributed by atoms with Crippen LogP contribution in [0.15, 0.2) is 0 Å². The molecule has 0 aliphatic heterocycles. The fourth-order valence-electron chi connectivity index (χ4n) is 2.04. The second-order valence-corrected chi connectivity index (χ2v) is 4.04. The second kappa shape index (κ2) is 4.86. The molecule has 2 unspecified atom stereocenters. The highest BCUT2D eigenvalue weighted by Gasteiger charge is 2.46. The summed E-state index contributed by atoms with van der Waals surface area (Å²) in [5.74, 6) is -0.293. The van der Waals surface area contributed by atoms with Gasteiger partial charge in [-0.1, -0.05) is 0 Å². The van der Waals surface area contributed by atoms with Crippen LogP contribution in [0, 0.1) is 5.92 Å². The molecule has 1 aliphatic carbocycles. The number of rotatable bonds is 4. The highest BCUT2D eigenvalue weighted by atomic mass is 16.5. The van der Waals surface area contributed by atoms with Gasteiger partial charge in [-0.3, -0.25) is 9.59 Å². The van der Waals surface area contributed by atoms with Gasteiger partial charge in [-0.2, -0.15) is 0 Å². The molecule has 1 fully saturated rings. The van der Waals surface area contributed by atoms with Crippen molar-refractivity contribution in [3.05, 3.63) is 0 Å². The molecule has 4 nitrogen and oxygen atoms in total. The van der Waals surface area contributed by atoms with Crippen LogP contribution >= 0.6 is 0 Å². The summed E-state index contributed by atoms with van der Waals surface area (Å²) in [4.78, 5) is 23.1. The van der Waals surface area contributed by atoms with Crippen molar-refractivity contribution in [3.8, 4) is 0 Å². The second-order valence-electron chi connectivity index (χ2n) is 4.04. The summed E-state index contributed by atoms with van der Waals surface area (Å²) in [5.41, 5.74) is -0.849. The van der Waals surface area contributed by atoms with Gasteiger partial charge in [-0.05, 0) is 13.8 Å². The third-order valence-electron chi connectivity index (χ3n) is 2.98. The Morgan fingerprint density at radius 2 is 2.13 bits per heavy atom. The van der Waals surface area contributed by atoms with Crippen LogP contribution in [0.2, 0.25) is 0 Å². The SMILES string of the molecule is CCOC1(C)C(=O)CC(=O)CC1COC. The summed E-state index contributed by atoms with van der Waals surface area (Å²) in [5, 5.41) is 0. The van der Waals surface area contributed by atoms with Crippen molar-refractivity contribution in [2.75, 3.05) is 20.3 Å². The number of Topliss-reactive ketones (excluding diaryl/α,β-unsaturated/α-hetero) is 2. The number of hydrogen-bond acceptors (Lipinski definition) is 4. The molecule has 1 saturated carbocycles. The summed E-state index contributed by atoms with van der Waals surface area (Å²) in [6, 6.07) is 0. The van der Waals surface area contributed by atoms with E-state index in [0.717, 1.165) is 0 Å². The Morgan fingerprint density at radius 3 is 2.67 bits per heavy atom. The molecule has 0 spiro atoms. The first-order chi connectivity index (χ1) is 7.04. The van der Waals surface area contributed by atoms with E-state index in [0.29, 0.717) is 19.6 Å². The Labute approximate surface area is 89.9 Å². The third kappa shape index (κ3) is 2.44. The van der Waals surface area contributed by atoms with E-state index < -0.39 is 5.60 Å². The molecule has 0 bridgehead atoms. The van der Waals surface area contributed by atoms with Gasteiger partial charge in [-0.25, -0.2) is 0 Å². The average Bonchev–Trinajstić information content (AvgIpc) is 2.15. The fourth-order valence-corrected chi connectivity index (χ4v) is 2.04. The fraction of sp³-hybridized carbons (Fsp3) is 0.818. The van der Waals surface area contributed by atoms with Crippen LogP contribution in [0.25, 0.3) is 0 Å². The smallest absolute Gasteiger partial charge is 0.172 e. The van der Waals surface area contributed by atoms with Gasteiger partial charge in [0, 0.05) is 26.1 Å². The number of methoxy groups -OCH3 is 1. The Kier molecular flexibility index (Phi) is 3.99. The molecule has 1 rings (SSSR count). The molecule has 0 radical (unpaired) electrons. The van der Waals surface area contributed by atoms with E-state index in [9.17, 15) is 9.59 Å². The molecular weight excluding hydrogens is 196 g/mol. The first-order valence-electron chi connectivity index (χ1n) is 5.22. The summed E-state index contributed by atoms with van der Waals surface area (Å²) >= 11 is 0. The molecule has 2 atom stereocenters. The summed E-state index contributed by atoms with van der Waals surface area (Å²) < 4.78 is 10.5. The standard InChI is InChI=1S/C11H18O4/c1-4-15-11(2)8(7-14-3)5-9(12)6-10(11)13/h8H,4-7H2,1-3H3. The van der Waals surface area contributed by atoms with Gasteiger partial charge in [0.1, 0.15) is 11.4 Å². The molecule has 0 amide bonds. The van der Waals surface area contributed by atoms with Crippen molar-refractivity contribution in [2.45, 2.75) is 32.3 Å². The topological polar surface area (TPSA) is 52.6 Å². The van der Waals surface area contributed by atoms with E-state index >= 15 is 0 Å². The van der Waals surface area contributed by atoms with Gasteiger partial charge in [-0.15, -0.1) is 0 Å². The molecule has 0 saturated heterocycles. The number of carbonyl (C=O) groups excluding carboxylic acids is 2. The van der Waals surface area contributed by atoms with Crippen molar-refractivity contribution < 1.29 is 19.1 Å². The van der Waals surface area contributed by atoms with E-state index in [-0.39, 0.29) is 23.9 Å². The van der Waals surface area contributed by atoms with Crippen LogP contribution in [-0.4, -0.2) is 37.5 Å². The number of ether oxygens (including phenoxy) is 2. The van der Waals surface area contributed by atoms with Crippen LogP contribution in [0.4, 0.5) is 0 Å². The Hall–Kier alpha value is -0.740. The lowest BCUT2D eigenvalue weighted by molar-refractivity contribution is -0.162. The van der Waals surface area contributed by atoms with Crippen molar-refractivity contribution in [2.24, 2.45) is 5.92 Å². The predicted octanol–water partition coefficient (Wildman–Crippen LogP) is 0.976. The monoisotopic (exact) mass is 214 g/mol. The van der Waals surface area contributed by atoms with Gasteiger partial charge < -0.3 is 9.47 Å². The molecule has 0 aromatic rings. The summed E-state index contributed by atoms with van der Waals surface area (Å²) in [6.07, 6.45) is 0.368. The van der Waals surface area contributed by atoms with Gasteiger partial charge in [0.25, 0.3) is 0 Å². The largest absolute Gasteiger partial charge is 0.384 e. The molecule has 86 valence electrons. The predicted molar refractivity (Wildman–Crippen MR) is 54.6 cm³/mol. The molecular formula is C11H18O4. The van der Waals surface area contributed by atoms with E-state index in [1.807, 2.05) is 6.92 Å². The Bertz CT molecular complexity index is 261. The van der Waals surface area contributed by atoms with E-state index in [1.165, 1.54) is 0 Å². The van der Waals surface area contributed by atoms with Gasteiger partial charge in [0.15, 0.2) is 5.78 Å². The quantitative estimate of drug-likeness (QED) is 0.654. The maximum atomic E-state index is 11.8. The number of hydrogen-bond donors (Lipinski definition) is 0. The number of ketones is 2. The lowest BCUT2D eigenvalue weighted by Gasteiger charge is -2.38. The maximum absolute atomic E-state index is 11.8. The lowest BCUT2D eigenvalue weighted by Crippen LogP contribution is -2.52. The molecule has 0 aromatic heterocycles. The van der Waals surface area contributed by atoms with Crippen LogP contribution in [-0.2, 0) is 19.1 Å². The lowest BCUT2D eigenvalue weighted by atomic mass is 9.75. The van der Waals surface area contributed by atoms with Crippen LogP contribution < -0.4 is 0 Å². The zero-order chi connectivity index (χ0) is 11.5. The first kappa shape index (κ1) is 12.3. The van der Waals surface area contributed by atoms with Crippen molar-refractivity contribution >= 4 is 11.6 Å². The van der Waals surface area contributed by atoms with E-state index in [2.05, 4.69) is 0 Å². The van der Waals surface area contributed by atoms with Gasteiger partial charge in [0.05, 0.1) is 13.0 Å². The van der Waals surface area contributed by atoms with Crippen molar-refractivity contribution in [3.63, 3.8) is 0 Å². The van der Waals surface area contributed by atoms with Crippen LogP contribution in [0.5, 0.6) is 0 Å². The van der Waals surface area contributed by atoms with Crippen LogP contribution in [0.3, 0.4) is 0 Å². The Morgan fingerprint density at radius 1 is 1.47 bits per heavy atom. The third-order valence-corrected chi connectivity index (χ3v) is 2.98. The molecule has 4 heteroatoms. The molecule has 1 aliphatic rings. The minimum Gasteiger partial charge on any atom is -0.384 e. The molecule has 0 aromatic carbocycles. The van der Waals surface area contributed by atoms with Crippen LogP contribution in [0.1, 0.15) is 26.7 Å². The van der Waals surface area contributed by atoms with Crippen molar-refractivity contribution in [1.82, 2.24) is 0 Å². The highest BCUT2D eigenvalue weighted by molar-refractivity contribution is 6.05. The van der Waals surface area contributed by atoms with E-state index in [4.69, 9.17) is 9.47 Å². The molecule has 0 N–H and O–H groups in total.